The summed E-state index contributed by atoms with van der Waals surface area (Å²) < 4.78 is 0. The normalized spacial score (nSPS) is 13.2. The molecule has 0 heterocycles. The number of amides is 1. The second-order valence-corrected chi connectivity index (χ2v) is 5.59. The second-order valence-electron chi connectivity index (χ2n) is 5.59. The summed E-state index contributed by atoms with van der Waals surface area (Å²) in [6.45, 7) is 7.05. The van der Waals surface area contributed by atoms with E-state index < -0.39 is 0 Å². The molecule has 18 heavy (non-hydrogen) atoms. The van der Waals surface area contributed by atoms with Gasteiger partial charge in [-0.25, -0.2) is 0 Å². The largest absolute Gasteiger partial charge is 0.347 e. The SMILES string of the molecule is CC(NCC(C)(C)c1ccccc1)C(=O)N(C)C. The molecule has 0 spiro atoms. The number of benzene rings is 1. The maximum atomic E-state index is 11.8. The Labute approximate surface area is 110 Å². The van der Waals surface area contributed by atoms with E-state index in [1.165, 1.54) is 5.56 Å². The van der Waals surface area contributed by atoms with Gasteiger partial charge in [0, 0.05) is 26.1 Å². The third-order valence-electron chi connectivity index (χ3n) is 3.22. The van der Waals surface area contributed by atoms with Gasteiger partial charge in [-0.05, 0) is 12.5 Å². The molecule has 1 aromatic carbocycles. The van der Waals surface area contributed by atoms with E-state index in [2.05, 4.69) is 31.3 Å². The van der Waals surface area contributed by atoms with Gasteiger partial charge in [0.2, 0.25) is 5.91 Å². The Kier molecular flexibility index (Phi) is 4.91. The Hall–Kier alpha value is -1.35. The molecule has 0 aliphatic heterocycles. The number of rotatable bonds is 5. The number of hydrogen-bond acceptors (Lipinski definition) is 2. The van der Waals surface area contributed by atoms with Crippen molar-refractivity contribution in [3.63, 3.8) is 0 Å². The molecule has 0 saturated carbocycles. The lowest BCUT2D eigenvalue weighted by Gasteiger charge is -2.28. The predicted molar refractivity (Wildman–Crippen MR) is 75.6 cm³/mol. The first kappa shape index (κ1) is 14.7. The quantitative estimate of drug-likeness (QED) is 0.864. The van der Waals surface area contributed by atoms with Gasteiger partial charge in [0.1, 0.15) is 0 Å². The van der Waals surface area contributed by atoms with Crippen molar-refractivity contribution >= 4 is 5.91 Å². The summed E-state index contributed by atoms with van der Waals surface area (Å²) in [6.07, 6.45) is 0. The average molecular weight is 248 g/mol. The lowest BCUT2D eigenvalue weighted by atomic mass is 9.84. The molecular formula is C15H24N2O. The Bertz CT molecular complexity index is 385. The molecule has 0 aliphatic carbocycles. The number of nitrogens with one attached hydrogen (secondary N) is 1. The highest BCUT2D eigenvalue weighted by Gasteiger charge is 2.23. The Morgan fingerprint density at radius 2 is 1.83 bits per heavy atom. The van der Waals surface area contributed by atoms with Gasteiger partial charge in [-0.3, -0.25) is 4.79 Å². The smallest absolute Gasteiger partial charge is 0.238 e. The Morgan fingerprint density at radius 1 is 1.28 bits per heavy atom. The summed E-state index contributed by atoms with van der Waals surface area (Å²) in [5.74, 6) is 0.110. The van der Waals surface area contributed by atoms with Crippen LogP contribution in [0.3, 0.4) is 0 Å². The van der Waals surface area contributed by atoms with Gasteiger partial charge in [-0.2, -0.15) is 0 Å². The fourth-order valence-electron chi connectivity index (χ4n) is 1.87. The average Bonchev–Trinajstić information content (AvgIpc) is 2.36. The molecule has 1 N–H and O–H groups in total. The molecule has 0 radical (unpaired) electrons. The Morgan fingerprint density at radius 3 is 2.33 bits per heavy atom. The van der Waals surface area contributed by atoms with Crippen molar-refractivity contribution in [3.05, 3.63) is 35.9 Å². The molecule has 0 aromatic heterocycles. The zero-order chi connectivity index (χ0) is 13.8. The number of likely N-dealkylation sites (N-methyl/N-ethyl adjacent to an activating group) is 1. The minimum atomic E-state index is -0.150. The molecule has 1 rings (SSSR count). The maximum absolute atomic E-state index is 11.8. The zero-order valence-electron chi connectivity index (χ0n) is 12.0. The fourth-order valence-corrected chi connectivity index (χ4v) is 1.87. The lowest BCUT2D eigenvalue weighted by molar-refractivity contribution is -0.130. The molecule has 3 heteroatoms. The van der Waals surface area contributed by atoms with Crippen LogP contribution in [-0.2, 0) is 10.2 Å². The van der Waals surface area contributed by atoms with E-state index in [0.717, 1.165) is 6.54 Å². The van der Waals surface area contributed by atoms with Gasteiger partial charge >= 0.3 is 0 Å². The third kappa shape index (κ3) is 3.84. The summed E-state index contributed by atoms with van der Waals surface area (Å²) in [4.78, 5) is 13.4. The molecule has 3 nitrogen and oxygen atoms in total. The van der Waals surface area contributed by atoms with Crippen LogP contribution < -0.4 is 5.32 Å². The van der Waals surface area contributed by atoms with Crippen LogP contribution in [0.5, 0.6) is 0 Å². The minimum absolute atomic E-state index is 0.0160. The predicted octanol–water partition coefficient (Wildman–Crippen LogP) is 2.03. The van der Waals surface area contributed by atoms with Gasteiger partial charge in [0.25, 0.3) is 0 Å². The van der Waals surface area contributed by atoms with Crippen LogP contribution in [0.25, 0.3) is 0 Å². The van der Waals surface area contributed by atoms with Crippen molar-refractivity contribution in [2.24, 2.45) is 0 Å². The van der Waals surface area contributed by atoms with Gasteiger partial charge in [0.05, 0.1) is 6.04 Å². The molecule has 100 valence electrons. The maximum Gasteiger partial charge on any atom is 0.238 e. The van der Waals surface area contributed by atoms with E-state index in [1.807, 2.05) is 25.1 Å². The summed E-state index contributed by atoms with van der Waals surface area (Å²) in [5.41, 5.74) is 1.30. The van der Waals surface area contributed by atoms with E-state index in [1.54, 1.807) is 19.0 Å². The van der Waals surface area contributed by atoms with Crippen molar-refractivity contribution in [2.45, 2.75) is 32.2 Å². The van der Waals surface area contributed by atoms with Crippen molar-refractivity contribution in [1.29, 1.82) is 0 Å². The van der Waals surface area contributed by atoms with Gasteiger partial charge < -0.3 is 10.2 Å². The first-order valence-corrected chi connectivity index (χ1v) is 6.34. The molecule has 0 aliphatic rings. The lowest BCUT2D eigenvalue weighted by Crippen LogP contribution is -2.45. The molecule has 1 amide bonds. The van der Waals surface area contributed by atoms with E-state index in [-0.39, 0.29) is 17.4 Å². The van der Waals surface area contributed by atoms with Crippen LogP contribution >= 0.6 is 0 Å². The van der Waals surface area contributed by atoms with E-state index >= 15 is 0 Å². The molecular weight excluding hydrogens is 224 g/mol. The molecule has 1 unspecified atom stereocenters. The van der Waals surface area contributed by atoms with E-state index in [0.29, 0.717) is 0 Å². The molecule has 0 fully saturated rings. The number of hydrogen-bond donors (Lipinski definition) is 1. The highest BCUT2D eigenvalue weighted by Crippen LogP contribution is 2.21. The third-order valence-corrected chi connectivity index (χ3v) is 3.22. The van der Waals surface area contributed by atoms with Crippen molar-refractivity contribution in [2.75, 3.05) is 20.6 Å². The van der Waals surface area contributed by atoms with Gasteiger partial charge in [0.15, 0.2) is 0 Å². The monoisotopic (exact) mass is 248 g/mol. The molecule has 0 saturated heterocycles. The van der Waals surface area contributed by atoms with E-state index in [4.69, 9.17) is 0 Å². The molecule has 1 aromatic rings. The number of nitrogens with zero attached hydrogens (tertiary/aromatic N) is 1. The minimum Gasteiger partial charge on any atom is -0.347 e. The van der Waals surface area contributed by atoms with Crippen LogP contribution in [0.15, 0.2) is 30.3 Å². The van der Waals surface area contributed by atoms with Crippen LogP contribution in [0.4, 0.5) is 0 Å². The van der Waals surface area contributed by atoms with Crippen LogP contribution in [0, 0.1) is 0 Å². The molecule has 1 atom stereocenters. The number of carbonyl (C=O) groups is 1. The van der Waals surface area contributed by atoms with E-state index in [9.17, 15) is 4.79 Å². The van der Waals surface area contributed by atoms with Crippen molar-refractivity contribution in [3.8, 4) is 0 Å². The van der Waals surface area contributed by atoms with Crippen LogP contribution in [0.2, 0.25) is 0 Å². The summed E-state index contributed by atoms with van der Waals surface area (Å²) in [5, 5.41) is 3.31. The summed E-state index contributed by atoms with van der Waals surface area (Å²) >= 11 is 0. The van der Waals surface area contributed by atoms with Gasteiger partial charge in [-0.1, -0.05) is 44.2 Å². The highest BCUT2D eigenvalue weighted by molar-refractivity contribution is 5.80. The second kappa shape index (κ2) is 6.01. The van der Waals surface area contributed by atoms with Crippen LogP contribution in [0.1, 0.15) is 26.3 Å². The summed E-state index contributed by atoms with van der Waals surface area (Å²) in [7, 11) is 3.56. The summed E-state index contributed by atoms with van der Waals surface area (Å²) in [6, 6.07) is 10.2. The molecule has 0 bridgehead atoms. The van der Waals surface area contributed by atoms with Crippen molar-refractivity contribution < 1.29 is 4.79 Å². The fraction of sp³-hybridized carbons (Fsp3) is 0.533. The Balaban J connectivity index is 2.60. The first-order chi connectivity index (χ1) is 8.34. The van der Waals surface area contributed by atoms with Crippen LogP contribution in [-0.4, -0.2) is 37.5 Å². The number of carbonyl (C=O) groups excluding carboxylic acids is 1. The topological polar surface area (TPSA) is 32.3 Å². The highest BCUT2D eigenvalue weighted by atomic mass is 16.2. The zero-order valence-corrected chi connectivity index (χ0v) is 12.0. The van der Waals surface area contributed by atoms with Gasteiger partial charge in [-0.15, -0.1) is 0 Å². The standard InChI is InChI=1S/C15H24N2O/c1-12(14(18)17(4)5)16-11-15(2,3)13-9-7-6-8-10-13/h6-10,12,16H,11H2,1-5H3. The first-order valence-electron chi connectivity index (χ1n) is 6.34. The van der Waals surface area contributed by atoms with Crippen molar-refractivity contribution in [1.82, 2.24) is 10.2 Å².